The Balaban J connectivity index is 2.16. The molecule has 0 amide bonds. The molecule has 0 unspecified atom stereocenters. The molecule has 3 rings (SSSR count). The van der Waals surface area contributed by atoms with Gasteiger partial charge in [-0.3, -0.25) is 0 Å². The Hall–Kier alpha value is -0.680. The van der Waals surface area contributed by atoms with E-state index in [2.05, 4.69) is 26.8 Å². The van der Waals surface area contributed by atoms with Crippen LogP contribution in [0.2, 0.25) is 0 Å². The summed E-state index contributed by atoms with van der Waals surface area (Å²) in [6.45, 7) is 12.6. The Bertz CT molecular complexity index is 624. The summed E-state index contributed by atoms with van der Waals surface area (Å²) in [5, 5.41) is 33.5. The van der Waals surface area contributed by atoms with Gasteiger partial charge in [0.05, 0.1) is 24.4 Å². The van der Waals surface area contributed by atoms with Gasteiger partial charge in [0.2, 0.25) is 0 Å². The zero-order valence-electron chi connectivity index (χ0n) is 17.8. The molecule has 154 valence electrons. The van der Waals surface area contributed by atoms with Crippen molar-refractivity contribution in [3.8, 4) is 0 Å². The Labute approximate surface area is 164 Å². The molecule has 0 spiro atoms. The standard InChI is InChI=1S/C23H38O4/c1-14(2)18-20(27-15(3)4)19(25)17-12-23(26)16(5)8-7-9-22(23,13-24)11-10-21(17,18)6/h7-8,12,14-16,18-20,24-26H,9-11,13H2,1-6H3/t16-,18+,19-,20+,21+,22-,23-/m1/s1. The normalized spacial score (nSPS) is 47.0. The van der Waals surface area contributed by atoms with Crippen LogP contribution in [0, 0.1) is 28.6 Å². The summed E-state index contributed by atoms with van der Waals surface area (Å²) in [6.07, 6.45) is 7.34. The predicted molar refractivity (Wildman–Crippen MR) is 107 cm³/mol. The highest BCUT2D eigenvalue weighted by Gasteiger charge is 2.62. The number of rotatable bonds is 4. The van der Waals surface area contributed by atoms with Crippen LogP contribution in [-0.4, -0.2) is 45.8 Å². The lowest BCUT2D eigenvalue weighted by Gasteiger charge is -2.49. The molecule has 0 bridgehead atoms. The summed E-state index contributed by atoms with van der Waals surface area (Å²) in [5.41, 5.74) is -1.08. The number of hydrogen-bond acceptors (Lipinski definition) is 4. The Morgan fingerprint density at radius 1 is 1.22 bits per heavy atom. The van der Waals surface area contributed by atoms with Gasteiger partial charge in [-0.15, -0.1) is 0 Å². The minimum atomic E-state index is -1.15. The van der Waals surface area contributed by atoms with Crippen LogP contribution in [-0.2, 0) is 4.74 Å². The third-order valence-corrected chi connectivity index (χ3v) is 7.80. The summed E-state index contributed by atoms with van der Waals surface area (Å²) < 4.78 is 6.21. The smallest absolute Gasteiger partial charge is 0.102 e. The minimum absolute atomic E-state index is 0.0357. The summed E-state index contributed by atoms with van der Waals surface area (Å²) in [6, 6.07) is 0. The summed E-state index contributed by atoms with van der Waals surface area (Å²) in [4.78, 5) is 0. The SMILES string of the molecule is CC(C)O[C@@H]1[C@H](O)C2=C[C@@]3(O)[C@H](C)C=CC[C@]3(CO)CC[C@]2(C)[C@H]1C(C)C. The molecule has 0 aromatic rings. The van der Waals surface area contributed by atoms with Gasteiger partial charge in [0, 0.05) is 11.3 Å². The van der Waals surface area contributed by atoms with Gasteiger partial charge in [-0.25, -0.2) is 0 Å². The van der Waals surface area contributed by atoms with Crippen molar-refractivity contribution in [2.24, 2.45) is 28.6 Å². The van der Waals surface area contributed by atoms with Crippen molar-refractivity contribution in [1.29, 1.82) is 0 Å². The lowest BCUT2D eigenvalue weighted by Crippen LogP contribution is -2.54. The molecular formula is C23H38O4. The summed E-state index contributed by atoms with van der Waals surface area (Å²) in [5.74, 6) is 0.404. The van der Waals surface area contributed by atoms with E-state index >= 15 is 0 Å². The van der Waals surface area contributed by atoms with Gasteiger partial charge in [0.15, 0.2) is 0 Å². The fraction of sp³-hybridized carbons (Fsp3) is 0.826. The Kier molecular flexibility index (Phi) is 5.44. The van der Waals surface area contributed by atoms with E-state index in [4.69, 9.17) is 4.74 Å². The maximum Gasteiger partial charge on any atom is 0.102 e. The van der Waals surface area contributed by atoms with E-state index in [1.165, 1.54) is 0 Å². The fourth-order valence-corrected chi connectivity index (χ4v) is 6.30. The van der Waals surface area contributed by atoms with Crippen LogP contribution in [0.15, 0.2) is 23.8 Å². The highest BCUT2D eigenvalue weighted by atomic mass is 16.5. The fourth-order valence-electron chi connectivity index (χ4n) is 6.30. The average Bonchev–Trinajstić information content (AvgIpc) is 2.71. The molecule has 4 heteroatoms. The number of aliphatic hydroxyl groups is 3. The first kappa shape index (κ1) is 21.0. The molecule has 3 aliphatic rings. The third kappa shape index (κ3) is 2.95. The molecule has 3 aliphatic carbocycles. The van der Waals surface area contributed by atoms with E-state index < -0.39 is 17.1 Å². The van der Waals surface area contributed by atoms with Gasteiger partial charge in [0.25, 0.3) is 0 Å². The monoisotopic (exact) mass is 378 g/mol. The van der Waals surface area contributed by atoms with E-state index in [0.29, 0.717) is 12.3 Å². The Morgan fingerprint density at radius 2 is 1.89 bits per heavy atom. The Morgan fingerprint density at radius 3 is 2.44 bits per heavy atom. The van der Waals surface area contributed by atoms with Crippen LogP contribution >= 0.6 is 0 Å². The number of hydrogen-bond donors (Lipinski definition) is 3. The first-order valence-corrected chi connectivity index (χ1v) is 10.6. The third-order valence-electron chi connectivity index (χ3n) is 7.80. The molecule has 0 saturated heterocycles. The lowest BCUT2D eigenvalue weighted by atomic mass is 9.59. The highest BCUT2D eigenvalue weighted by molar-refractivity contribution is 5.37. The molecule has 0 aromatic heterocycles. The first-order chi connectivity index (χ1) is 12.5. The number of allylic oxidation sites excluding steroid dienone is 1. The largest absolute Gasteiger partial charge is 0.396 e. The second kappa shape index (κ2) is 6.98. The number of fused-ring (bicyclic) bond motifs is 2. The molecule has 0 aromatic carbocycles. The topological polar surface area (TPSA) is 69.9 Å². The molecule has 0 heterocycles. The molecule has 0 radical (unpaired) electrons. The van der Waals surface area contributed by atoms with Crippen LogP contribution in [0.5, 0.6) is 0 Å². The van der Waals surface area contributed by atoms with Gasteiger partial charge in [-0.2, -0.15) is 0 Å². The van der Waals surface area contributed by atoms with Crippen molar-refractivity contribution in [3.05, 3.63) is 23.8 Å². The second-order valence-electron chi connectivity index (χ2n) is 10.1. The van der Waals surface area contributed by atoms with Gasteiger partial charge < -0.3 is 20.1 Å². The molecule has 1 saturated carbocycles. The van der Waals surface area contributed by atoms with Gasteiger partial charge in [0.1, 0.15) is 6.10 Å². The molecule has 7 atom stereocenters. The van der Waals surface area contributed by atoms with Crippen LogP contribution in [0.25, 0.3) is 0 Å². The van der Waals surface area contributed by atoms with Crippen molar-refractivity contribution < 1.29 is 20.1 Å². The molecule has 4 nitrogen and oxygen atoms in total. The maximum absolute atomic E-state index is 11.8. The van der Waals surface area contributed by atoms with Gasteiger partial charge in [-0.1, -0.05) is 39.8 Å². The summed E-state index contributed by atoms with van der Waals surface area (Å²) >= 11 is 0. The zero-order chi connectivity index (χ0) is 20.2. The van der Waals surface area contributed by atoms with E-state index in [1.807, 2.05) is 32.9 Å². The van der Waals surface area contributed by atoms with Crippen LogP contribution in [0.3, 0.4) is 0 Å². The molecular weight excluding hydrogens is 340 g/mol. The molecule has 27 heavy (non-hydrogen) atoms. The van der Waals surface area contributed by atoms with Crippen LogP contribution in [0.1, 0.15) is 60.8 Å². The molecule has 0 aliphatic heterocycles. The number of ether oxygens (including phenoxy) is 1. The van der Waals surface area contributed by atoms with E-state index in [9.17, 15) is 15.3 Å². The number of aliphatic hydroxyl groups excluding tert-OH is 2. The van der Waals surface area contributed by atoms with Crippen LogP contribution < -0.4 is 0 Å². The zero-order valence-corrected chi connectivity index (χ0v) is 17.8. The quantitative estimate of drug-likeness (QED) is 0.655. The van der Waals surface area contributed by atoms with Gasteiger partial charge >= 0.3 is 0 Å². The van der Waals surface area contributed by atoms with Crippen LogP contribution in [0.4, 0.5) is 0 Å². The highest BCUT2D eigenvalue weighted by Crippen LogP contribution is 2.61. The van der Waals surface area contributed by atoms with Crippen molar-refractivity contribution >= 4 is 0 Å². The van der Waals surface area contributed by atoms with Crippen molar-refractivity contribution in [3.63, 3.8) is 0 Å². The molecule has 1 fully saturated rings. The maximum atomic E-state index is 11.8. The van der Waals surface area contributed by atoms with E-state index in [-0.39, 0.29) is 36.1 Å². The second-order valence-corrected chi connectivity index (χ2v) is 10.1. The van der Waals surface area contributed by atoms with Crippen molar-refractivity contribution in [2.45, 2.75) is 84.7 Å². The predicted octanol–water partition coefficient (Wildman–Crippen LogP) is 3.46. The average molecular weight is 379 g/mol. The minimum Gasteiger partial charge on any atom is -0.396 e. The van der Waals surface area contributed by atoms with Gasteiger partial charge in [-0.05, 0) is 62.0 Å². The molecule has 3 N–H and O–H groups in total. The van der Waals surface area contributed by atoms with E-state index in [1.54, 1.807) is 0 Å². The summed E-state index contributed by atoms with van der Waals surface area (Å²) in [7, 11) is 0. The lowest BCUT2D eigenvalue weighted by molar-refractivity contribution is -0.113. The van der Waals surface area contributed by atoms with Crippen molar-refractivity contribution in [2.75, 3.05) is 6.61 Å². The van der Waals surface area contributed by atoms with E-state index in [0.717, 1.165) is 18.4 Å². The van der Waals surface area contributed by atoms with Crippen molar-refractivity contribution in [1.82, 2.24) is 0 Å². The first-order valence-electron chi connectivity index (χ1n) is 10.6.